The van der Waals surface area contributed by atoms with Gasteiger partial charge in [0.2, 0.25) is 10.0 Å². The summed E-state index contributed by atoms with van der Waals surface area (Å²) in [6.45, 7) is 0.481. The predicted molar refractivity (Wildman–Crippen MR) is 115 cm³/mol. The van der Waals surface area contributed by atoms with Gasteiger partial charge in [-0.3, -0.25) is 9.10 Å². The van der Waals surface area contributed by atoms with Crippen LogP contribution in [0.25, 0.3) is 0 Å². The molecular formula is C18H20Cl2N2O3S2. The van der Waals surface area contributed by atoms with E-state index in [1.54, 1.807) is 17.8 Å². The van der Waals surface area contributed by atoms with E-state index in [9.17, 15) is 13.2 Å². The van der Waals surface area contributed by atoms with Gasteiger partial charge in [0.15, 0.2) is 0 Å². The van der Waals surface area contributed by atoms with Crippen molar-refractivity contribution in [2.75, 3.05) is 29.9 Å². The first-order valence-electron chi connectivity index (χ1n) is 8.03. The molecule has 0 heterocycles. The van der Waals surface area contributed by atoms with Gasteiger partial charge in [-0.1, -0.05) is 41.4 Å². The van der Waals surface area contributed by atoms with E-state index in [0.29, 0.717) is 17.8 Å². The fraction of sp³-hybridized carbons (Fsp3) is 0.278. The van der Waals surface area contributed by atoms with Crippen molar-refractivity contribution in [2.45, 2.75) is 5.75 Å². The van der Waals surface area contributed by atoms with Crippen LogP contribution in [-0.2, 0) is 15.8 Å². The van der Waals surface area contributed by atoms with Crippen LogP contribution >= 0.6 is 35.0 Å². The van der Waals surface area contributed by atoms with Gasteiger partial charge in [0.1, 0.15) is 0 Å². The molecule has 27 heavy (non-hydrogen) atoms. The Bertz CT molecular complexity index is 921. The molecule has 0 aliphatic heterocycles. The van der Waals surface area contributed by atoms with E-state index < -0.39 is 10.0 Å². The van der Waals surface area contributed by atoms with E-state index in [2.05, 4.69) is 5.32 Å². The van der Waals surface area contributed by atoms with Crippen LogP contribution in [0.2, 0.25) is 10.0 Å². The molecule has 2 aromatic rings. The standard InChI is InChI=1S/C18H20Cl2N2O3S2/c1-22(27(2,24)25)14-7-8-15(17(20)11-14)18(23)21-9-10-26-12-13-5-3-4-6-16(13)19/h3-8,11H,9-10,12H2,1-2H3,(H,21,23). The lowest BCUT2D eigenvalue weighted by molar-refractivity contribution is 0.0956. The molecule has 0 saturated carbocycles. The molecule has 0 atom stereocenters. The second-order valence-electron chi connectivity index (χ2n) is 5.79. The zero-order chi connectivity index (χ0) is 20.0. The van der Waals surface area contributed by atoms with Crippen molar-refractivity contribution < 1.29 is 13.2 Å². The summed E-state index contributed by atoms with van der Waals surface area (Å²) in [6.07, 6.45) is 1.10. The quantitative estimate of drug-likeness (QED) is 0.620. The fourth-order valence-corrected chi connectivity index (χ4v) is 4.11. The third-order valence-electron chi connectivity index (χ3n) is 3.81. The minimum absolute atomic E-state index is 0.198. The first kappa shape index (κ1) is 21.9. The van der Waals surface area contributed by atoms with Gasteiger partial charge in [0.05, 0.1) is 22.5 Å². The molecule has 1 amide bonds. The van der Waals surface area contributed by atoms with E-state index in [0.717, 1.165) is 32.7 Å². The summed E-state index contributed by atoms with van der Waals surface area (Å²) >= 11 is 13.9. The predicted octanol–water partition coefficient (Wildman–Crippen LogP) is 4.05. The molecular weight excluding hydrogens is 427 g/mol. The Morgan fingerprint density at radius 3 is 2.48 bits per heavy atom. The summed E-state index contributed by atoms with van der Waals surface area (Å²) < 4.78 is 24.3. The smallest absolute Gasteiger partial charge is 0.252 e. The van der Waals surface area contributed by atoms with Crippen molar-refractivity contribution in [3.63, 3.8) is 0 Å². The number of anilines is 1. The van der Waals surface area contributed by atoms with E-state index in [4.69, 9.17) is 23.2 Å². The third-order valence-corrected chi connectivity index (χ3v) is 6.70. The number of thioether (sulfide) groups is 1. The van der Waals surface area contributed by atoms with Crippen LogP contribution in [0.5, 0.6) is 0 Å². The Balaban J connectivity index is 1.86. The van der Waals surface area contributed by atoms with Gasteiger partial charge in [-0.15, -0.1) is 0 Å². The molecule has 0 spiro atoms. The number of nitrogens with zero attached hydrogens (tertiary/aromatic N) is 1. The van der Waals surface area contributed by atoms with E-state index >= 15 is 0 Å². The number of sulfonamides is 1. The summed E-state index contributed by atoms with van der Waals surface area (Å²) in [5, 5.41) is 3.74. The molecule has 0 saturated heterocycles. The highest BCUT2D eigenvalue weighted by Gasteiger charge is 2.16. The van der Waals surface area contributed by atoms with Crippen LogP contribution in [0.3, 0.4) is 0 Å². The zero-order valence-corrected chi connectivity index (χ0v) is 18.1. The molecule has 5 nitrogen and oxygen atoms in total. The number of benzene rings is 2. The Morgan fingerprint density at radius 2 is 1.85 bits per heavy atom. The zero-order valence-electron chi connectivity index (χ0n) is 14.9. The van der Waals surface area contributed by atoms with Crippen molar-refractivity contribution in [1.82, 2.24) is 5.32 Å². The van der Waals surface area contributed by atoms with Crippen molar-refractivity contribution in [1.29, 1.82) is 0 Å². The number of nitrogens with one attached hydrogen (secondary N) is 1. The topological polar surface area (TPSA) is 66.5 Å². The lowest BCUT2D eigenvalue weighted by Crippen LogP contribution is -2.27. The van der Waals surface area contributed by atoms with Crippen molar-refractivity contribution in [2.24, 2.45) is 0 Å². The van der Waals surface area contributed by atoms with Crippen LogP contribution in [0.4, 0.5) is 5.69 Å². The Kier molecular flexibility index (Phi) is 7.85. The van der Waals surface area contributed by atoms with Crippen molar-refractivity contribution in [3.05, 3.63) is 63.6 Å². The first-order chi connectivity index (χ1) is 12.7. The number of hydrogen-bond donors (Lipinski definition) is 1. The highest BCUT2D eigenvalue weighted by atomic mass is 35.5. The number of amides is 1. The lowest BCUT2D eigenvalue weighted by Gasteiger charge is -2.17. The highest BCUT2D eigenvalue weighted by molar-refractivity contribution is 7.98. The van der Waals surface area contributed by atoms with Gasteiger partial charge in [0, 0.05) is 30.1 Å². The van der Waals surface area contributed by atoms with Crippen LogP contribution in [-0.4, -0.2) is 39.9 Å². The molecule has 2 rings (SSSR count). The van der Waals surface area contributed by atoms with Gasteiger partial charge in [-0.05, 0) is 29.8 Å². The van der Waals surface area contributed by atoms with E-state index in [1.807, 2.05) is 24.3 Å². The summed E-state index contributed by atoms with van der Waals surface area (Å²) in [6, 6.07) is 12.2. The molecule has 0 fully saturated rings. The molecule has 9 heteroatoms. The van der Waals surface area contributed by atoms with Crippen molar-refractivity contribution >= 4 is 56.6 Å². The Labute approximate surface area is 174 Å². The summed E-state index contributed by atoms with van der Waals surface area (Å²) in [5.41, 5.74) is 1.76. The summed E-state index contributed by atoms with van der Waals surface area (Å²) in [4.78, 5) is 12.3. The number of hydrogen-bond acceptors (Lipinski definition) is 4. The van der Waals surface area contributed by atoms with Gasteiger partial charge < -0.3 is 5.32 Å². The average Bonchev–Trinajstić information content (AvgIpc) is 2.61. The molecule has 0 aromatic heterocycles. The molecule has 0 aliphatic rings. The van der Waals surface area contributed by atoms with Crippen LogP contribution < -0.4 is 9.62 Å². The van der Waals surface area contributed by atoms with Gasteiger partial charge >= 0.3 is 0 Å². The summed E-state index contributed by atoms with van der Waals surface area (Å²) in [7, 11) is -1.96. The normalized spacial score (nSPS) is 11.3. The minimum Gasteiger partial charge on any atom is -0.351 e. The van der Waals surface area contributed by atoms with Crippen LogP contribution in [0.15, 0.2) is 42.5 Å². The lowest BCUT2D eigenvalue weighted by atomic mass is 10.2. The molecule has 0 aliphatic carbocycles. The maximum Gasteiger partial charge on any atom is 0.252 e. The minimum atomic E-state index is -3.39. The Hall–Kier alpha value is -1.41. The highest BCUT2D eigenvalue weighted by Crippen LogP contribution is 2.24. The molecule has 0 bridgehead atoms. The maximum atomic E-state index is 12.3. The molecule has 146 valence electrons. The van der Waals surface area contributed by atoms with Gasteiger partial charge in [-0.25, -0.2) is 8.42 Å². The van der Waals surface area contributed by atoms with Crippen LogP contribution in [0.1, 0.15) is 15.9 Å². The van der Waals surface area contributed by atoms with E-state index in [-0.39, 0.29) is 10.9 Å². The van der Waals surface area contributed by atoms with E-state index in [1.165, 1.54) is 19.2 Å². The summed E-state index contributed by atoms with van der Waals surface area (Å²) in [5.74, 6) is 1.19. The SMILES string of the molecule is CN(c1ccc(C(=O)NCCSCc2ccccc2Cl)c(Cl)c1)S(C)(=O)=O. The number of rotatable bonds is 8. The first-order valence-corrected chi connectivity index (χ1v) is 11.8. The monoisotopic (exact) mass is 446 g/mol. The number of carbonyl (C=O) groups is 1. The van der Waals surface area contributed by atoms with Gasteiger partial charge in [-0.2, -0.15) is 11.8 Å². The Morgan fingerprint density at radius 1 is 1.15 bits per heavy atom. The molecule has 1 N–H and O–H groups in total. The molecule has 2 aromatic carbocycles. The second-order valence-corrected chi connectivity index (χ2v) is 9.73. The average molecular weight is 447 g/mol. The van der Waals surface area contributed by atoms with Crippen LogP contribution in [0, 0.1) is 0 Å². The number of halogens is 2. The molecule has 0 radical (unpaired) electrons. The number of carbonyl (C=O) groups excluding carboxylic acids is 1. The molecule has 0 unspecified atom stereocenters. The van der Waals surface area contributed by atoms with Gasteiger partial charge in [0.25, 0.3) is 5.91 Å². The second kappa shape index (κ2) is 9.68. The fourth-order valence-electron chi connectivity index (χ4n) is 2.21. The third kappa shape index (κ3) is 6.31. The largest absolute Gasteiger partial charge is 0.351 e. The maximum absolute atomic E-state index is 12.3. The van der Waals surface area contributed by atoms with Crippen molar-refractivity contribution in [3.8, 4) is 0 Å².